The Bertz CT molecular complexity index is 603. The SMILES string of the molecule is Nc1ncnc(Nc2cc(Cl)c(Cl)cc2Cl)c1Cl. The molecule has 0 spiro atoms. The molecule has 1 aromatic heterocycles. The van der Waals surface area contributed by atoms with E-state index in [2.05, 4.69) is 15.3 Å². The predicted octanol–water partition coefficient (Wildman–Crippen LogP) is 4.42. The number of nitrogens with two attached hydrogens (primary N) is 1. The number of hydrogen-bond acceptors (Lipinski definition) is 4. The topological polar surface area (TPSA) is 63.8 Å². The van der Waals surface area contributed by atoms with Crippen molar-refractivity contribution in [3.05, 3.63) is 38.6 Å². The van der Waals surface area contributed by atoms with Gasteiger partial charge < -0.3 is 11.1 Å². The van der Waals surface area contributed by atoms with Crippen LogP contribution in [0.15, 0.2) is 18.5 Å². The molecule has 0 unspecified atom stereocenters. The molecule has 0 bridgehead atoms. The van der Waals surface area contributed by atoms with Crippen LogP contribution in [0.25, 0.3) is 0 Å². The summed E-state index contributed by atoms with van der Waals surface area (Å²) < 4.78 is 0. The number of anilines is 3. The van der Waals surface area contributed by atoms with Gasteiger partial charge in [0.25, 0.3) is 0 Å². The maximum atomic E-state index is 6.02. The maximum Gasteiger partial charge on any atom is 0.154 e. The summed E-state index contributed by atoms with van der Waals surface area (Å²) in [6.45, 7) is 0. The highest BCUT2D eigenvalue weighted by atomic mass is 35.5. The van der Waals surface area contributed by atoms with Crippen molar-refractivity contribution in [1.82, 2.24) is 9.97 Å². The van der Waals surface area contributed by atoms with Crippen LogP contribution in [-0.4, -0.2) is 9.97 Å². The normalized spacial score (nSPS) is 10.4. The second-order valence-electron chi connectivity index (χ2n) is 3.29. The van der Waals surface area contributed by atoms with E-state index in [1.807, 2.05) is 0 Å². The van der Waals surface area contributed by atoms with Gasteiger partial charge in [0.15, 0.2) is 5.82 Å². The zero-order valence-electron chi connectivity index (χ0n) is 8.72. The van der Waals surface area contributed by atoms with E-state index < -0.39 is 0 Å². The number of nitrogens with one attached hydrogen (secondary N) is 1. The Labute approximate surface area is 123 Å². The number of aromatic nitrogens is 2. The molecule has 94 valence electrons. The van der Waals surface area contributed by atoms with Crippen LogP contribution in [0.1, 0.15) is 0 Å². The minimum atomic E-state index is 0.172. The molecule has 2 rings (SSSR count). The van der Waals surface area contributed by atoms with Gasteiger partial charge in [0.2, 0.25) is 0 Å². The van der Waals surface area contributed by atoms with Crippen molar-refractivity contribution in [1.29, 1.82) is 0 Å². The molecule has 1 aromatic carbocycles. The van der Waals surface area contributed by atoms with E-state index in [-0.39, 0.29) is 10.8 Å². The third kappa shape index (κ3) is 2.72. The zero-order chi connectivity index (χ0) is 13.3. The van der Waals surface area contributed by atoms with Gasteiger partial charge >= 0.3 is 0 Å². The number of nitrogen functional groups attached to an aromatic ring is 1. The summed E-state index contributed by atoms with van der Waals surface area (Å²) in [6.07, 6.45) is 1.29. The van der Waals surface area contributed by atoms with Gasteiger partial charge in [-0.05, 0) is 12.1 Å². The van der Waals surface area contributed by atoms with Crippen molar-refractivity contribution in [2.75, 3.05) is 11.1 Å². The Kier molecular flexibility index (Phi) is 4.02. The van der Waals surface area contributed by atoms with Crippen LogP contribution >= 0.6 is 46.4 Å². The largest absolute Gasteiger partial charge is 0.382 e. The highest BCUT2D eigenvalue weighted by molar-refractivity contribution is 6.44. The summed E-state index contributed by atoms with van der Waals surface area (Å²) in [7, 11) is 0. The molecular formula is C10H6Cl4N4. The van der Waals surface area contributed by atoms with E-state index in [0.29, 0.717) is 26.6 Å². The van der Waals surface area contributed by atoms with Crippen molar-refractivity contribution in [2.24, 2.45) is 0 Å². The molecule has 0 aliphatic rings. The second kappa shape index (κ2) is 5.36. The Morgan fingerprint density at radius 3 is 2.33 bits per heavy atom. The van der Waals surface area contributed by atoms with Gasteiger partial charge in [-0.2, -0.15) is 0 Å². The molecule has 0 amide bonds. The number of halogens is 4. The fraction of sp³-hybridized carbons (Fsp3) is 0. The Morgan fingerprint density at radius 1 is 0.944 bits per heavy atom. The number of hydrogen-bond donors (Lipinski definition) is 2. The summed E-state index contributed by atoms with van der Waals surface area (Å²) in [5.41, 5.74) is 6.08. The minimum absolute atomic E-state index is 0.172. The summed E-state index contributed by atoms with van der Waals surface area (Å²) in [6, 6.07) is 3.09. The lowest BCUT2D eigenvalue weighted by Crippen LogP contribution is -2.00. The highest BCUT2D eigenvalue weighted by Crippen LogP contribution is 2.35. The van der Waals surface area contributed by atoms with Crippen LogP contribution in [0.5, 0.6) is 0 Å². The Hall–Kier alpha value is -0.940. The molecule has 0 aliphatic heterocycles. The third-order valence-corrected chi connectivity index (χ3v) is 3.49. The summed E-state index contributed by atoms with van der Waals surface area (Å²) in [4.78, 5) is 7.71. The molecule has 1 heterocycles. The Balaban J connectivity index is 2.40. The summed E-state index contributed by atoms with van der Waals surface area (Å²) in [5.74, 6) is 0.509. The van der Waals surface area contributed by atoms with Crippen molar-refractivity contribution in [2.45, 2.75) is 0 Å². The fourth-order valence-electron chi connectivity index (χ4n) is 1.22. The average molecular weight is 324 g/mol. The van der Waals surface area contributed by atoms with E-state index in [4.69, 9.17) is 52.1 Å². The molecule has 2 aromatic rings. The lowest BCUT2D eigenvalue weighted by molar-refractivity contribution is 1.18. The molecule has 0 saturated heterocycles. The summed E-state index contributed by atoms with van der Waals surface area (Å²) in [5, 5.41) is 4.23. The van der Waals surface area contributed by atoms with Crippen LogP contribution < -0.4 is 11.1 Å². The van der Waals surface area contributed by atoms with Crippen molar-refractivity contribution in [3.63, 3.8) is 0 Å². The highest BCUT2D eigenvalue weighted by Gasteiger charge is 2.10. The fourth-order valence-corrected chi connectivity index (χ4v) is 1.96. The molecule has 3 N–H and O–H groups in total. The monoisotopic (exact) mass is 322 g/mol. The van der Waals surface area contributed by atoms with Gasteiger partial charge in [0.1, 0.15) is 17.2 Å². The maximum absolute atomic E-state index is 6.02. The van der Waals surface area contributed by atoms with E-state index in [9.17, 15) is 0 Å². The van der Waals surface area contributed by atoms with Gasteiger partial charge in [-0.3, -0.25) is 0 Å². The zero-order valence-corrected chi connectivity index (χ0v) is 11.7. The minimum Gasteiger partial charge on any atom is -0.382 e. The first kappa shape index (κ1) is 13.5. The van der Waals surface area contributed by atoms with E-state index in [1.54, 1.807) is 6.07 Å². The quantitative estimate of drug-likeness (QED) is 0.803. The van der Waals surface area contributed by atoms with Gasteiger partial charge in [-0.15, -0.1) is 0 Å². The van der Waals surface area contributed by atoms with Gasteiger partial charge in [-0.25, -0.2) is 9.97 Å². The van der Waals surface area contributed by atoms with Crippen molar-refractivity contribution < 1.29 is 0 Å². The number of benzene rings is 1. The smallest absolute Gasteiger partial charge is 0.154 e. The molecule has 0 radical (unpaired) electrons. The van der Waals surface area contributed by atoms with Gasteiger partial charge in [0.05, 0.1) is 20.8 Å². The van der Waals surface area contributed by atoms with E-state index in [0.717, 1.165) is 0 Å². The van der Waals surface area contributed by atoms with E-state index in [1.165, 1.54) is 12.4 Å². The summed E-state index contributed by atoms with van der Waals surface area (Å²) >= 11 is 23.7. The van der Waals surface area contributed by atoms with Crippen LogP contribution in [0.3, 0.4) is 0 Å². The van der Waals surface area contributed by atoms with Crippen LogP contribution in [0.2, 0.25) is 20.1 Å². The van der Waals surface area contributed by atoms with Crippen LogP contribution in [-0.2, 0) is 0 Å². The molecular weight excluding hydrogens is 318 g/mol. The first-order chi connectivity index (χ1) is 8.49. The Morgan fingerprint density at radius 2 is 1.61 bits per heavy atom. The number of nitrogens with zero attached hydrogens (tertiary/aromatic N) is 2. The average Bonchev–Trinajstić information content (AvgIpc) is 2.32. The molecule has 0 fully saturated rings. The standard InChI is InChI=1S/C10H6Cl4N4/c11-4-1-6(13)7(2-5(4)12)18-10-8(14)9(15)16-3-17-10/h1-3H,(H3,15,16,17,18). The van der Waals surface area contributed by atoms with Gasteiger partial charge in [-0.1, -0.05) is 46.4 Å². The lowest BCUT2D eigenvalue weighted by atomic mass is 10.3. The van der Waals surface area contributed by atoms with Crippen molar-refractivity contribution in [3.8, 4) is 0 Å². The molecule has 4 nitrogen and oxygen atoms in total. The number of rotatable bonds is 2. The molecule has 18 heavy (non-hydrogen) atoms. The second-order valence-corrected chi connectivity index (χ2v) is 4.89. The van der Waals surface area contributed by atoms with Crippen LogP contribution in [0, 0.1) is 0 Å². The van der Waals surface area contributed by atoms with Crippen LogP contribution in [0.4, 0.5) is 17.3 Å². The third-order valence-electron chi connectivity index (χ3n) is 2.08. The molecule has 0 saturated carbocycles. The first-order valence-corrected chi connectivity index (χ1v) is 6.17. The van der Waals surface area contributed by atoms with Crippen molar-refractivity contribution >= 4 is 63.7 Å². The molecule has 0 aliphatic carbocycles. The van der Waals surface area contributed by atoms with E-state index >= 15 is 0 Å². The van der Waals surface area contributed by atoms with Gasteiger partial charge in [0, 0.05) is 0 Å². The predicted molar refractivity (Wildman–Crippen MR) is 76.2 cm³/mol. The lowest BCUT2D eigenvalue weighted by Gasteiger charge is -2.10. The molecule has 0 atom stereocenters. The molecule has 8 heteroatoms. The first-order valence-electron chi connectivity index (χ1n) is 4.66.